The van der Waals surface area contributed by atoms with Gasteiger partial charge < -0.3 is 10.2 Å². The average Bonchev–Trinajstić information content (AvgIpc) is 3.24. The molecule has 2 amide bonds. The minimum atomic E-state index is -0.0793. The minimum Gasteiger partial charge on any atom is -0.351 e. The van der Waals surface area contributed by atoms with Gasteiger partial charge >= 0.3 is 0 Å². The molecule has 0 bridgehead atoms. The number of likely N-dealkylation sites (tertiary alicyclic amines) is 1. The SMILES string of the molecule is CC(=O)NCc1ccnc(C2CCCN2C(=O)CC2CCCC2)n1. The molecule has 1 aliphatic heterocycles. The summed E-state index contributed by atoms with van der Waals surface area (Å²) in [5, 5.41) is 2.75. The van der Waals surface area contributed by atoms with E-state index < -0.39 is 0 Å². The zero-order valence-electron chi connectivity index (χ0n) is 14.3. The van der Waals surface area contributed by atoms with Crippen molar-refractivity contribution in [3.8, 4) is 0 Å². The van der Waals surface area contributed by atoms with E-state index in [0.717, 1.165) is 25.1 Å². The largest absolute Gasteiger partial charge is 0.351 e. The van der Waals surface area contributed by atoms with Crippen LogP contribution in [-0.2, 0) is 16.1 Å². The Kier molecular flexibility index (Phi) is 5.43. The number of rotatable bonds is 5. The van der Waals surface area contributed by atoms with Gasteiger partial charge in [0.05, 0.1) is 18.3 Å². The third-order valence-corrected chi connectivity index (χ3v) is 5.06. The number of aromatic nitrogens is 2. The smallest absolute Gasteiger partial charge is 0.223 e. The van der Waals surface area contributed by atoms with Crippen molar-refractivity contribution in [1.29, 1.82) is 0 Å². The third kappa shape index (κ3) is 4.10. The predicted octanol–water partition coefficient (Wildman–Crippen LogP) is 2.36. The van der Waals surface area contributed by atoms with Gasteiger partial charge in [-0.05, 0) is 37.7 Å². The highest BCUT2D eigenvalue weighted by Gasteiger charge is 2.33. The van der Waals surface area contributed by atoms with Gasteiger partial charge in [-0.3, -0.25) is 9.59 Å². The molecule has 24 heavy (non-hydrogen) atoms. The number of hydrogen-bond donors (Lipinski definition) is 1. The van der Waals surface area contributed by atoms with Crippen molar-refractivity contribution in [2.75, 3.05) is 6.54 Å². The predicted molar refractivity (Wildman–Crippen MR) is 89.8 cm³/mol. The topological polar surface area (TPSA) is 75.2 Å². The standard InChI is InChI=1S/C18H26N4O2/c1-13(23)20-12-15-8-9-19-18(21-15)16-7-4-10-22(16)17(24)11-14-5-2-3-6-14/h8-9,14,16H,2-7,10-12H2,1H3,(H,20,23). The van der Waals surface area contributed by atoms with Gasteiger partial charge in [0.2, 0.25) is 11.8 Å². The molecule has 2 fully saturated rings. The summed E-state index contributed by atoms with van der Waals surface area (Å²) in [5.41, 5.74) is 0.783. The van der Waals surface area contributed by atoms with Crippen molar-refractivity contribution < 1.29 is 9.59 Å². The molecular weight excluding hydrogens is 304 g/mol. The second kappa shape index (κ2) is 7.73. The second-order valence-electron chi connectivity index (χ2n) is 6.92. The Labute approximate surface area is 143 Å². The number of carbonyl (C=O) groups excluding carboxylic acids is 2. The van der Waals surface area contributed by atoms with E-state index >= 15 is 0 Å². The van der Waals surface area contributed by atoms with Crippen LogP contribution in [-0.4, -0.2) is 33.2 Å². The Hall–Kier alpha value is -1.98. The van der Waals surface area contributed by atoms with Gasteiger partial charge in [-0.2, -0.15) is 0 Å². The van der Waals surface area contributed by atoms with Crippen LogP contribution in [0.15, 0.2) is 12.3 Å². The highest BCUT2D eigenvalue weighted by molar-refractivity contribution is 5.77. The van der Waals surface area contributed by atoms with Crippen LogP contribution < -0.4 is 5.32 Å². The molecule has 1 N–H and O–H groups in total. The summed E-state index contributed by atoms with van der Waals surface area (Å²) in [4.78, 5) is 34.7. The zero-order chi connectivity index (χ0) is 16.9. The lowest BCUT2D eigenvalue weighted by Crippen LogP contribution is -2.32. The number of carbonyl (C=O) groups is 2. The van der Waals surface area contributed by atoms with Gasteiger partial charge in [-0.25, -0.2) is 9.97 Å². The quantitative estimate of drug-likeness (QED) is 0.899. The lowest BCUT2D eigenvalue weighted by Gasteiger charge is -2.25. The van der Waals surface area contributed by atoms with Gasteiger partial charge in [0.25, 0.3) is 0 Å². The molecule has 3 rings (SSSR count). The molecule has 1 atom stereocenters. The first kappa shape index (κ1) is 16.9. The van der Waals surface area contributed by atoms with Crippen LogP contribution in [0.5, 0.6) is 0 Å². The molecule has 0 aromatic carbocycles. The first-order valence-corrected chi connectivity index (χ1v) is 8.99. The lowest BCUT2D eigenvalue weighted by atomic mass is 10.0. The van der Waals surface area contributed by atoms with Crippen LogP contribution in [0.1, 0.15) is 69.4 Å². The third-order valence-electron chi connectivity index (χ3n) is 5.06. The summed E-state index contributed by atoms with van der Waals surface area (Å²) in [7, 11) is 0. The van der Waals surface area contributed by atoms with E-state index in [4.69, 9.17) is 0 Å². The van der Waals surface area contributed by atoms with Crippen molar-refractivity contribution in [2.24, 2.45) is 5.92 Å². The Bertz CT molecular complexity index is 598. The molecule has 6 heteroatoms. The van der Waals surface area contributed by atoms with E-state index in [1.807, 2.05) is 4.90 Å². The molecule has 1 unspecified atom stereocenters. The van der Waals surface area contributed by atoms with Gasteiger partial charge in [0.15, 0.2) is 5.82 Å². The van der Waals surface area contributed by atoms with Crippen molar-refractivity contribution >= 4 is 11.8 Å². The summed E-state index contributed by atoms with van der Waals surface area (Å²) in [6, 6.07) is 1.79. The van der Waals surface area contributed by atoms with E-state index in [-0.39, 0.29) is 17.9 Å². The van der Waals surface area contributed by atoms with Crippen LogP contribution in [0, 0.1) is 5.92 Å². The van der Waals surface area contributed by atoms with E-state index in [9.17, 15) is 9.59 Å². The van der Waals surface area contributed by atoms with Crippen LogP contribution >= 0.6 is 0 Å². The number of hydrogen-bond acceptors (Lipinski definition) is 4. The van der Waals surface area contributed by atoms with Crippen molar-refractivity contribution in [2.45, 2.75) is 64.5 Å². The first-order valence-electron chi connectivity index (χ1n) is 8.99. The zero-order valence-corrected chi connectivity index (χ0v) is 14.3. The monoisotopic (exact) mass is 330 g/mol. The van der Waals surface area contributed by atoms with Crippen LogP contribution in [0.4, 0.5) is 0 Å². The minimum absolute atomic E-state index is 0.0174. The number of nitrogens with zero attached hydrogens (tertiary/aromatic N) is 3. The van der Waals surface area contributed by atoms with Crippen molar-refractivity contribution in [3.63, 3.8) is 0 Å². The average molecular weight is 330 g/mol. The molecule has 1 saturated heterocycles. The molecule has 0 spiro atoms. The van der Waals surface area contributed by atoms with E-state index in [0.29, 0.717) is 24.7 Å². The van der Waals surface area contributed by atoms with E-state index in [1.165, 1.54) is 32.6 Å². The summed E-state index contributed by atoms with van der Waals surface area (Å²) in [5.74, 6) is 1.44. The Morgan fingerprint density at radius 2 is 2.04 bits per heavy atom. The summed E-state index contributed by atoms with van der Waals surface area (Å²) in [6.07, 6.45) is 9.20. The van der Waals surface area contributed by atoms with Gasteiger partial charge in [-0.1, -0.05) is 12.8 Å². The molecule has 2 aliphatic rings. The normalized spacial score (nSPS) is 21.2. The second-order valence-corrected chi connectivity index (χ2v) is 6.92. The Morgan fingerprint density at radius 1 is 1.25 bits per heavy atom. The van der Waals surface area contributed by atoms with Gasteiger partial charge in [0, 0.05) is 26.1 Å². The number of amides is 2. The van der Waals surface area contributed by atoms with E-state index in [2.05, 4.69) is 15.3 Å². The molecule has 0 radical (unpaired) electrons. The highest BCUT2D eigenvalue weighted by atomic mass is 16.2. The maximum absolute atomic E-state index is 12.7. The Morgan fingerprint density at radius 3 is 2.79 bits per heavy atom. The molecule has 1 aromatic heterocycles. The van der Waals surface area contributed by atoms with Gasteiger partial charge in [-0.15, -0.1) is 0 Å². The summed E-state index contributed by atoms with van der Waals surface area (Å²) < 4.78 is 0. The molecule has 1 aliphatic carbocycles. The fourth-order valence-electron chi connectivity index (χ4n) is 3.80. The maximum atomic E-state index is 12.7. The molecule has 2 heterocycles. The summed E-state index contributed by atoms with van der Waals surface area (Å²) in [6.45, 7) is 2.69. The molecule has 1 saturated carbocycles. The molecule has 130 valence electrons. The van der Waals surface area contributed by atoms with Gasteiger partial charge in [0.1, 0.15) is 0 Å². The highest BCUT2D eigenvalue weighted by Crippen LogP contribution is 2.33. The Balaban J connectivity index is 1.66. The van der Waals surface area contributed by atoms with Crippen LogP contribution in [0.2, 0.25) is 0 Å². The van der Waals surface area contributed by atoms with Crippen LogP contribution in [0.25, 0.3) is 0 Å². The maximum Gasteiger partial charge on any atom is 0.223 e. The molecule has 6 nitrogen and oxygen atoms in total. The first-order chi connectivity index (χ1) is 11.6. The fourth-order valence-corrected chi connectivity index (χ4v) is 3.80. The fraction of sp³-hybridized carbons (Fsp3) is 0.667. The van der Waals surface area contributed by atoms with E-state index in [1.54, 1.807) is 12.3 Å². The van der Waals surface area contributed by atoms with Crippen molar-refractivity contribution in [3.05, 3.63) is 23.8 Å². The summed E-state index contributed by atoms with van der Waals surface area (Å²) >= 11 is 0. The lowest BCUT2D eigenvalue weighted by molar-refractivity contribution is -0.133. The number of nitrogens with one attached hydrogen (secondary N) is 1. The molecular formula is C18H26N4O2. The molecule has 1 aromatic rings. The van der Waals surface area contributed by atoms with Crippen LogP contribution in [0.3, 0.4) is 0 Å². The van der Waals surface area contributed by atoms with Crippen molar-refractivity contribution in [1.82, 2.24) is 20.2 Å².